The molecule has 1 aromatic heterocycles. The number of ketones is 1. The predicted octanol–water partition coefficient (Wildman–Crippen LogP) is 3.94. The molecule has 1 atom stereocenters. The molecule has 172 valence electrons. The molecule has 1 saturated heterocycles. The van der Waals surface area contributed by atoms with Gasteiger partial charge < -0.3 is 24.6 Å². The summed E-state index contributed by atoms with van der Waals surface area (Å²) in [4.78, 5) is 32.9. The van der Waals surface area contributed by atoms with E-state index in [9.17, 15) is 14.7 Å². The van der Waals surface area contributed by atoms with Crippen LogP contribution in [0.3, 0.4) is 0 Å². The van der Waals surface area contributed by atoms with Gasteiger partial charge in [-0.1, -0.05) is 30.3 Å². The number of H-pyrrole nitrogens is 1. The molecule has 33 heavy (non-hydrogen) atoms. The van der Waals surface area contributed by atoms with Crippen molar-refractivity contribution in [2.24, 2.45) is 0 Å². The van der Waals surface area contributed by atoms with Crippen molar-refractivity contribution >= 4 is 28.4 Å². The quantitative estimate of drug-likeness (QED) is 0.326. The van der Waals surface area contributed by atoms with Crippen molar-refractivity contribution in [2.75, 3.05) is 27.2 Å². The minimum absolute atomic E-state index is 0.0217. The molecule has 1 aliphatic heterocycles. The van der Waals surface area contributed by atoms with Gasteiger partial charge in [0, 0.05) is 35.8 Å². The number of aromatic nitrogens is 1. The Labute approximate surface area is 193 Å². The van der Waals surface area contributed by atoms with Crippen molar-refractivity contribution in [1.82, 2.24) is 14.8 Å². The van der Waals surface area contributed by atoms with Crippen molar-refractivity contribution in [3.8, 4) is 5.75 Å². The molecule has 1 aliphatic rings. The fourth-order valence-corrected chi connectivity index (χ4v) is 4.21. The van der Waals surface area contributed by atoms with E-state index in [0.29, 0.717) is 30.0 Å². The van der Waals surface area contributed by atoms with Gasteiger partial charge in [0.05, 0.1) is 17.7 Å². The van der Waals surface area contributed by atoms with Gasteiger partial charge in [0.25, 0.3) is 11.7 Å². The van der Waals surface area contributed by atoms with Crippen molar-refractivity contribution in [3.63, 3.8) is 0 Å². The predicted molar refractivity (Wildman–Crippen MR) is 128 cm³/mol. The number of aliphatic hydroxyl groups excluding tert-OH is 1. The van der Waals surface area contributed by atoms with E-state index in [1.807, 2.05) is 81.4 Å². The van der Waals surface area contributed by atoms with Crippen LogP contribution in [0, 0.1) is 0 Å². The number of rotatable bonds is 7. The van der Waals surface area contributed by atoms with Crippen LogP contribution in [0.25, 0.3) is 16.7 Å². The molecule has 3 aromatic rings. The van der Waals surface area contributed by atoms with Crippen molar-refractivity contribution in [3.05, 3.63) is 71.4 Å². The molecule has 2 aromatic carbocycles. The zero-order valence-corrected chi connectivity index (χ0v) is 19.3. The van der Waals surface area contributed by atoms with E-state index in [2.05, 4.69) is 4.98 Å². The number of amides is 1. The monoisotopic (exact) mass is 447 g/mol. The van der Waals surface area contributed by atoms with E-state index in [1.54, 1.807) is 6.20 Å². The maximum atomic E-state index is 13.2. The van der Waals surface area contributed by atoms with Crippen LogP contribution >= 0.6 is 0 Å². The molecule has 0 aliphatic carbocycles. The fraction of sp³-hybridized carbons (Fsp3) is 0.308. The lowest BCUT2D eigenvalue weighted by molar-refractivity contribution is -0.140. The number of hydrogen-bond acceptors (Lipinski definition) is 5. The summed E-state index contributed by atoms with van der Waals surface area (Å²) in [5, 5.41) is 12.1. The Morgan fingerprint density at radius 1 is 1.15 bits per heavy atom. The molecule has 0 spiro atoms. The van der Waals surface area contributed by atoms with Crippen molar-refractivity contribution in [2.45, 2.75) is 26.0 Å². The minimum atomic E-state index is -0.714. The number of hydrogen-bond donors (Lipinski definition) is 2. The van der Waals surface area contributed by atoms with Gasteiger partial charge >= 0.3 is 0 Å². The van der Waals surface area contributed by atoms with E-state index in [-0.39, 0.29) is 17.4 Å². The van der Waals surface area contributed by atoms with Gasteiger partial charge in [0.15, 0.2) is 0 Å². The lowest BCUT2D eigenvalue weighted by atomic mass is 9.95. The fourth-order valence-electron chi connectivity index (χ4n) is 4.21. The number of ether oxygens (including phenoxy) is 1. The first-order valence-electron chi connectivity index (χ1n) is 11.0. The third-order valence-electron chi connectivity index (χ3n) is 5.72. The summed E-state index contributed by atoms with van der Waals surface area (Å²) in [6, 6.07) is 14.2. The highest BCUT2D eigenvalue weighted by Gasteiger charge is 2.46. The lowest BCUT2D eigenvalue weighted by Gasteiger charge is -2.27. The van der Waals surface area contributed by atoms with Crippen LogP contribution in [0.2, 0.25) is 0 Å². The number of nitrogens with zero attached hydrogens (tertiary/aromatic N) is 2. The average molecular weight is 448 g/mol. The molecule has 0 saturated carbocycles. The van der Waals surface area contributed by atoms with Crippen LogP contribution in [0.4, 0.5) is 0 Å². The number of Topliss-reactive ketones (excluding diaryl/α,β-unsaturated/α-hetero) is 1. The first kappa shape index (κ1) is 22.6. The van der Waals surface area contributed by atoms with Gasteiger partial charge in [-0.15, -0.1) is 0 Å². The summed E-state index contributed by atoms with van der Waals surface area (Å²) in [5.74, 6) is -0.832. The number of para-hydroxylation sites is 1. The molecule has 1 fully saturated rings. The highest BCUT2D eigenvalue weighted by molar-refractivity contribution is 6.46. The molecular formula is C26H29N3O4. The van der Waals surface area contributed by atoms with Crippen LogP contribution < -0.4 is 4.74 Å². The Morgan fingerprint density at radius 3 is 2.64 bits per heavy atom. The van der Waals surface area contributed by atoms with E-state index in [1.165, 1.54) is 4.90 Å². The van der Waals surface area contributed by atoms with Gasteiger partial charge in [0.1, 0.15) is 11.5 Å². The molecule has 4 rings (SSSR count). The second-order valence-corrected chi connectivity index (χ2v) is 8.78. The van der Waals surface area contributed by atoms with Gasteiger partial charge in [-0.05, 0) is 51.7 Å². The summed E-state index contributed by atoms with van der Waals surface area (Å²) in [5.41, 5.74) is 2.14. The Bertz CT molecular complexity index is 1230. The van der Waals surface area contributed by atoms with Crippen molar-refractivity contribution < 1.29 is 19.4 Å². The lowest BCUT2D eigenvalue weighted by Crippen LogP contribution is -2.35. The normalized spacial score (nSPS) is 18.1. The molecule has 0 radical (unpaired) electrons. The molecule has 1 amide bonds. The van der Waals surface area contributed by atoms with E-state index >= 15 is 0 Å². The Balaban J connectivity index is 1.87. The van der Waals surface area contributed by atoms with Crippen LogP contribution in [-0.4, -0.2) is 64.9 Å². The number of fused-ring (bicyclic) bond motifs is 1. The topological polar surface area (TPSA) is 85.9 Å². The third-order valence-corrected chi connectivity index (χ3v) is 5.72. The Kier molecular flexibility index (Phi) is 6.24. The number of carbonyl (C=O) groups is 2. The molecule has 2 N–H and O–H groups in total. The van der Waals surface area contributed by atoms with Crippen LogP contribution in [0.15, 0.2) is 60.3 Å². The third kappa shape index (κ3) is 4.36. The average Bonchev–Trinajstić information content (AvgIpc) is 3.31. The molecule has 7 nitrogen and oxygen atoms in total. The Hall–Kier alpha value is -3.58. The molecule has 2 heterocycles. The first-order valence-corrected chi connectivity index (χ1v) is 11.0. The van der Waals surface area contributed by atoms with E-state index in [4.69, 9.17) is 4.74 Å². The zero-order chi connectivity index (χ0) is 23.7. The number of carbonyl (C=O) groups excluding carboxylic acids is 2. The first-order chi connectivity index (χ1) is 15.8. The summed E-state index contributed by atoms with van der Waals surface area (Å²) in [6.07, 6.45) is 1.65. The SMILES string of the molecule is CC(C)Oc1cccc(C2/C(=C(/O)c3c[nH]c4ccccc34)C(=O)C(=O)N2CCN(C)C)c1. The summed E-state index contributed by atoms with van der Waals surface area (Å²) in [7, 11) is 3.82. The number of benzene rings is 2. The number of nitrogens with one attached hydrogen (secondary N) is 1. The number of aromatic amines is 1. The van der Waals surface area contributed by atoms with Crippen molar-refractivity contribution in [1.29, 1.82) is 0 Å². The zero-order valence-electron chi connectivity index (χ0n) is 19.3. The summed E-state index contributed by atoms with van der Waals surface area (Å²) < 4.78 is 5.85. The summed E-state index contributed by atoms with van der Waals surface area (Å²) >= 11 is 0. The standard InChI is InChI=1S/C26H29N3O4/c1-16(2)33-18-9-7-8-17(14-18)23-22(25(31)26(32)29(23)13-12-28(3)4)24(30)20-15-27-21-11-6-5-10-19(20)21/h5-11,14-16,23,27,30H,12-13H2,1-4H3/b24-22-. The number of likely N-dealkylation sites (N-methyl/N-ethyl adjacent to an activating group) is 1. The highest BCUT2D eigenvalue weighted by atomic mass is 16.5. The Morgan fingerprint density at radius 2 is 1.91 bits per heavy atom. The highest BCUT2D eigenvalue weighted by Crippen LogP contribution is 2.41. The maximum absolute atomic E-state index is 13.2. The van der Waals surface area contributed by atoms with Gasteiger partial charge in [0.2, 0.25) is 0 Å². The van der Waals surface area contributed by atoms with Gasteiger partial charge in [-0.2, -0.15) is 0 Å². The smallest absolute Gasteiger partial charge is 0.295 e. The molecule has 1 unspecified atom stereocenters. The minimum Gasteiger partial charge on any atom is -0.507 e. The molecule has 7 heteroatoms. The van der Waals surface area contributed by atoms with Crippen LogP contribution in [-0.2, 0) is 9.59 Å². The summed E-state index contributed by atoms with van der Waals surface area (Å²) in [6.45, 7) is 4.81. The van der Waals surface area contributed by atoms with E-state index in [0.717, 1.165) is 10.9 Å². The maximum Gasteiger partial charge on any atom is 0.295 e. The van der Waals surface area contributed by atoms with E-state index < -0.39 is 17.7 Å². The number of likely N-dealkylation sites (tertiary alicyclic amines) is 1. The van der Waals surface area contributed by atoms with Crippen LogP contribution in [0.5, 0.6) is 5.75 Å². The largest absolute Gasteiger partial charge is 0.507 e. The second kappa shape index (κ2) is 9.11. The molecular weight excluding hydrogens is 418 g/mol. The number of aliphatic hydroxyl groups is 1. The van der Waals surface area contributed by atoms with Crippen LogP contribution in [0.1, 0.15) is 31.0 Å². The van der Waals surface area contributed by atoms with Gasteiger partial charge in [-0.25, -0.2) is 0 Å². The van der Waals surface area contributed by atoms with Gasteiger partial charge in [-0.3, -0.25) is 9.59 Å². The second-order valence-electron chi connectivity index (χ2n) is 8.78. The molecule has 0 bridgehead atoms.